The summed E-state index contributed by atoms with van der Waals surface area (Å²) in [5, 5.41) is 2.74. The molecule has 1 fully saturated rings. The van der Waals surface area contributed by atoms with Gasteiger partial charge in [-0.15, -0.1) is 0 Å². The van der Waals surface area contributed by atoms with E-state index < -0.39 is 0 Å². The zero-order chi connectivity index (χ0) is 13.7. The van der Waals surface area contributed by atoms with Crippen molar-refractivity contribution in [2.45, 2.75) is 32.7 Å². The van der Waals surface area contributed by atoms with E-state index in [0.29, 0.717) is 6.54 Å². The van der Waals surface area contributed by atoms with Gasteiger partial charge in [0.25, 0.3) is 5.91 Å². The van der Waals surface area contributed by atoms with E-state index in [0.717, 1.165) is 37.1 Å². The molecule has 1 aromatic rings. The number of hydrogen-bond acceptors (Lipinski definition) is 2. The lowest BCUT2D eigenvalue weighted by molar-refractivity contribution is -0.119. The molecule has 0 bridgehead atoms. The van der Waals surface area contributed by atoms with Gasteiger partial charge in [0.15, 0.2) is 0 Å². The third-order valence-corrected chi connectivity index (χ3v) is 3.39. The van der Waals surface area contributed by atoms with Crippen molar-refractivity contribution in [1.82, 2.24) is 10.2 Å². The van der Waals surface area contributed by atoms with Gasteiger partial charge >= 0.3 is 0 Å². The molecule has 0 unspecified atom stereocenters. The fourth-order valence-corrected chi connectivity index (χ4v) is 2.27. The Bertz CT molecular complexity index is 448. The predicted molar refractivity (Wildman–Crippen MR) is 73.7 cm³/mol. The van der Waals surface area contributed by atoms with E-state index >= 15 is 0 Å². The third kappa shape index (κ3) is 3.81. The highest BCUT2D eigenvalue weighted by molar-refractivity contribution is 5.94. The highest BCUT2D eigenvalue weighted by Crippen LogP contribution is 2.13. The van der Waals surface area contributed by atoms with Crippen LogP contribution in [0.25, 0.3) is 0 Å². The summed E-state index contributed by atoms with van der Waals surface area (Å²) in [7, 11) is 0. The smallest absolute Gasteiger partial charge is 0.253 e. The molecule has 4 heteroatoms. The Balaban J connectivity index is 1.97. The number of amides is 2. The van der Waals surface area contributed by atoms with Gasteiger partial charge in [-0.1, -0.05) is 12.1 Å². The first-order valence-electron chi connectivity index (χ1n) is 6.79. The number of likely N-dealkylation sites (tertiary alicyclic amines) is 1. The number of hydrogen-bond donors (Lipinski definition) is 1. The lowest BCUT2D eigenvalue weighted by Gasteiger charge is -2.26. The van der Waals surface area contributed by atoms with Crippen molar-refractivity contribution in [2.24, 2.45) is 0 Å². The number of rotatable bonds is 3. The van der Waals surface area contributed by atoms with Gasteiger partial charge in [0, 0.05) is 32.1 Å². The number of carbonyl (C=O) groups excluding carboxylic acids is 2. The van der Waals surface area contributed by atoms with Crippen LogP contribution >= 0.6 is 0 Å². The summed E-state index contributed by atoms with van der Waals surface area (Å²) in [5.74, 6) is 0.0687. The molecule has 1 aromatic carbocycles. The quantitative estimate of drug-likeness (QED) is 0.903. The first-order valence-corrected chi connectivity index (χ1v) is 6.79. The molecule has 19 heavy (non-hydrogen) atoms. The highest BCUT2D eigenvalue weighted by atomic mass is 16.2. The van der Waals surface area contributed by atoms with Crippen molar-refractivity contribution >= 4 is 11.8 Å². The minimum Gasteiger partial charge on any atom is -0.352 e. The zero-order valence-corrected chi connectivity index (χ0v) is 11.3. The molecule has 1 aliphatic rings. The lowest BCUT2D eigenvalue weighted by atomic mass is 10.1. The summed E-state index contributed by atoms with van der Waals surface area (Å²) in [4.78, 5) is 25.0. The van der Waals surface area contributed by atoms with Crippen LogP contribution in [0.5, 0.6) is 0 Å². The normalized spacial score (nSPS) is 15.1. The molecule has 4 nitrogen and oxygen atoms in total. The van der Waals surface area contributed by atoms with Crippen molar-refractivity contribution in [2.75, 3.05) is 13.1 Å². The molecule has 0 saturated carbocycles. The van der Waals surface area contributed by atoms with Crippen molar-refractivity contribution < 1.29 is 9.59 Å². The molecular formula is C15H20N2O2. The molecule has 0 radical (unpaired) electrons. The van der Waals surface area contributed by atoms with Crippen LogP contribution in [0.2, 0.25) is 0 Å². The Morgan fingerprint density at radius 3 is 2.32 bits per heavy atom. The number of piperidine rings is 1. The minimum absolute atomic E-state index is 0.0477. The first kappa shape index (κ1) is 13.6. The van der Waals surface area contributed by atoms with Crippen LogP contribution in [0.3, 0.4) is 0 Å². The second kappa shape index (κ2) is 6.36. The fraction of sp³-hybridized carbons (Fsp3) is 0.467. The summed E-state index contributed by atoms with van der Waals surface area (Å²) in [6.07, 6.45) is 3.43. The molecule has 102 valence electrons. The van der Waals surface area contributed by atoms with Gasteiger partial charge in [-0.25, -0.2) is 0 Å². The molecule has 0 aromatic heterocycles. The summed E-state index contributed by atoms with van der Waals surface area (Å²) in [5.41, 5.74) is 1.74. The van der Waals surface area contributed by atoms with Gasteiger partial charge in [0.1, 0.15) is 0 Å². The van der Waals surface area contributed by atoms with Crippen molar-refractivity contribution in [3.05, 3.63) is 35.4 Å². The summed E-state index contributed by atoms with van der Waals surface area (Å²) in [6, 6.07) is 7.47. The van der Waals surface area contributed by atoms with E-state index in [-0.39, 0.29) is 11.8 Å². The number of carbonyl (C=O) groups is 2. The average Bonchev–Trinajstić information content (AvgIpc) is 2.46. The molecule has 0 aliphatic carbocycles. The number of nitrogens with one attached hydrogen (secondary N) is 1. The minimum atomic E-state index is -0.0477. The molecule has 1 aliphatic heterocycles. The van der Waals surface area contributed by atoms with Gasteiger partial charge < -0.3 is 10.2 Å². The molecule has 1 heterocycles. The van der Waals surface area contributed by atoms with E-state index in [4.69, 9.17) is 0 Å². The Kier molecular flexibility index (Phi) is 4.55. The first-order chi connectivity index (χ1) is 9.16. The Labute approximate surface area is 113 Å². The lowest BCUT2D eigenvalue weighted by Crippen LogP contribution is -2.35. The SMILES string of the molecule is CC(=O)NCc1ccc(C(=O)N2CCCCC2)cc1. The maximum Gasteiger partial charge on any atom is 0.253 e. The highest BCUT2D eigenvalue weighted by Gasteiger charge is 2.17. The van der Waals surface area contributed by atoms with Crippen molar-refractivity contribution in [3.63, 3.8) is 0 Å². The molecule has 0 spiro atoms. The van der Waals surface area contributed by atoms with Crippen LogP contribution in [-0.2, 0) is 11.3 Å². The van der Waals surface area contributed by atoms with E-state index in [1.807, 2.05) is 29.2 Å². The number of benzene rings is 1. The molecule has 2 amide bonds. The standard InChI is InChI=1S/C15H20N2O2/c1-12(18)16-11-13-5-7-14(8-6-13)15(19)17-9-3-2-4-10-17/h5-8H,2-4,9-11H2,1H3,(H,16,18). The summed E-state index contributed by atoms with van der Waals surface area (Å²) >= 11 is 0. The molecule has 2 rings (SSSR count). The van der Waals surface area contributed by atoms with E-state index in [1.54, 1.807) is 0 Å². The maximum atomic E-state index is 12.2. The summed E-state index contributed by atoms with van der Waals surface area (Å²) in [6.45, 7) is 3.74. The fourth-order valence-electron chi connectivity index (χ4n) is 2.27. The van der Waals surface area contributed by atoms with E-state index in [9.17, 15) is 9.59 Å². The van der Waals surface area contributed by atoms with E-state index in [2.05, 4.69) is 5.32 Å². The van der Waals surface area contributed by atoms with Gasteiger partial charge in [0.05, 0.1) is 0 Å². The monoisotopic (exact) mass is 260 g/mol. The van der Waals surface area contributed by atoms with E-state index in [1.165, 1.54) is 13.3 Å². The van der Waals surface area contributed by atoms with Crippen LogP contribution in [0.15, 0.2) is 24.3 Å². The number of nitrogens with zero attached hydrogens (tertiary/aromatic N) is 1. The molecule has 0 atom stereocenters. The van der Waals surface area contributed by atoms with Gasteiger partial charge in [-0.2, -0.15) is 0 Å². The largest absolute Gasteiger partial charge is 0.352 e. The molecular weight excluding hydrogens is 240 g/mol. The second-order valence-electron chi connectivity index (χ2n) is 4.96. The predicted octanol–water partition coefficient (Wildman–Crippen LogP) is 1.95. The van der Waals surface area contributed by atoms with Gasteiger partial charge in [0.2, 0.25) is 5.91 Å². The van der Waals surface area contributed by atoms with Crippen molar-refractivity contribution in [3.8, 4) is 0 Å². The Hall–Kier alpha value is -1.84. The summed E-state index contributed by atoms with van der Waals surface area (Å²) < 4.78 is 0. The van der Waals surface area contributed by atoms with Crippen molar-refractivity contribution in [1.29, 1.82) is 0 Å². The average molecular weight is 260 g/mol. The topological polar surface area (TPSA) is 49.4 Å². The zero-order valence-electron chi connectivity index (χ0n) is 11.3. The van der Waals surface area contributed by atoms with Gasteiger partial charge in [-0.05, 0) is 37.0 Å². The Morgan fingerprint density at radius 2 is 1.74 bits per heavy atom. The van der Waals surface area contributed by atoms with Crippen LogP contribution < -0.4 is 5.32 Å². The Morgan fingerprint density at radius 1 is 1.11 bits per heavy atom. The van der Waals surface area contributed by atoms with Crippen LogP contribution in [0.4, 0.5) is 0 Å². The second-order valence-corrected chi connectivity index (χ2v) is 4.96. The van der Waals surface area contributed by atoms with Gasteiger partial charge in [-0.3, -0.25) is 9.59 Å². The molecule has 1 N–H and O–H groups in total. The third-order valence-electron chi connectivity index (χ3n) is 3.39. The van der Waals surface area contributed by atoms with Crippen LogP contribution in [-0.4, -0.2) is 29.8 Å². The maximum absolute atomic E-state index is 12.2. The van der Waals surface area contributed by atoms with Crippen LogP contribution in [0.1, 0.15) is 42.1 Å². The van der Waals surface area contributed by atoms with Crippen LogP contribution in [0, 0.1) is 0 Å². The molecule has 1 saturated heterocycles.